The van der Waals surface area contributed by atoms with Crippen molar-refractivity contribution in [2.75, 3.05) is 31.6 Å². The van der Waals surface area contributed by atoms with E-state index in [0.717, 1.165) is 37.4 Å². The van der Waals surface area contributed by atoms with Crippen LogP contribution in [-0.2, 0) is 6.61 Å². The minimum Gasteiger partial charge on any atom is -0.392 e. The molecule has 1 aromatic heterocycles. The molecular weight excluding hydrogens is 250 g/mol. The van der Waals surface area contributed by atoms with Crippen LogP contribution < -0.4 is 4.90 Å². The van der Waals surface area contributed by atoms with E-state index < -0.39 is 0 Å². The van der Waals surface area contributed by atoms with Crippen molar-refractivity contribution in [1.82, 2.24) is 9.88 Å². The molecule has 0 bridgehead atoms. The Morgan fingerprint density at radius 1 is 1.50 bits per heavy atom. The van der Waals surface area contributed by atoms with Crippen molar-refractivity contribution in [2.24, 2.45) is 0 Å². The summed E-state index contributed by atoms with van der Waals surface area (Å²) in [6.07, 6.45) is 2.82. The molecule has 4 nitrogen and oxygen atoms in total. The number of rotatable bonds is 3. The molecule has 0 radical (unpaired) electrons. The highest BCUT2D eigenvalue weighted by Crippen LogP contribution is 2.26. The summed E-state index contributed by atoms with van der Waals surface area (Å²) >= 11 is 6.24. The first kappa shape index (κ1) is 13.6. The second kappa shape index (κ2) is 5.87. The Kier molecular flexibility index (Phi) is 4.43. The topological polar surface area (TPSA) is 39.6 Å². The number of aromatic nitrogens is 1. The van der Waals surface area contributed by atoms with Crippen LogP contribution >= 0.6 is 11.6 Å². The molecule has 1 N–H and O–H groups in total. The van der Waals surface area contributed by atoms with Crippen molar-refractivity contribution in [1.29, 1.82) is 0 Å². The number of pyridine rings is 1. The molecule has 18 heavy (non-hydrogen) atoms. The van der Waals surface area contributed by atoms with Gasteiger partial charge in [0.15, 0.2) is 0 Å². The van der Waals surface area contributed by atoms with Crippen LogP contribution in [0, 0.1) is 0 Å². The maximum absolute atomic E-state index is 9.06. The van der Waals surface area contributed by atoms with Gasteiger partial charge < -0.3 is 10.0 Å². The van der Waals surface area contributed by atoms with Gasteiger partial charge in [-0.05, 0) is 25.1 Å². The minimum absolute atomic E-state index is 0.0205. The summed E-state index contributed by atoms with van der Waals surface area (Å²) in [4.78, 5) is 9.00. The fourth-order valence-electron chi connectivity index (χ4n) is 2.37. The van der Waals surface area contributed by atoms with Crippen molar-refractivity contribution in [3.8, 4) is 0 Å². The third-order valence-corrected chi connectivity index (χ3v) is 3.89. The summed E-state index contributed by atoms with van der Waals surface area (Å²) in [5.74, 6) is 0.834. The van der Waals surface area contributed by atoms with Gasteiger partial charge in [-0.3, -0.25) is 4.90 Å². The number of halogens is 1. The van der Waals surface area contributed by atoms with E-state index in [4.69, 9.17) is 16.7 Å². The van der Waals surface area contributed by atoms with Crippen LogP contribution in [0.25, 0.3) is 0 Å². The normalized spacial score (nSPS) is 21.3. The molecule has 2 rings (SSSR count). The largest absolute Gasteiger partial charge is 0.392 e. The molecule has 0 saturated carbocycles. The number of hydrogen-bond acceptors (Lipinski definition) is 4. The Morgan fingerprint density at radius 2 is 2.28 bits per heavy atom. The lowest BCUT2D eigenvalue weighted by Gasteiger charge is -2.40. The number of aliphatic hydroxyl groups excluding tert-OH is 1. The Hall–Kier alpha value is -0.840. The Bertz CT molecular complexity index is 413. The first-order chi connectivity index (χ1) is 8.65. The molecule has 1 aliphatic heterocycles. The molecule has 5 heteroatoms. The van der Waals surface area contributed by atoms with Crippen molar-refractivity contribution in [3.63, 3.8) is 0 Å². The van der Waals surface area contributed by atoms with E-state index in [1.807, 2.05) is 0 Å². The Labute approximate surface area is 113 Å². The van der Waals surface area contributed by atoms with Gasteiger partial charge in [-0.2, -0.15) is 0 Å². The zero-order chi connectivity index (χ0) is 13.1. The summed E-state index contributed by atoms with van der Waals surface area (Å²) < 4.78 is 0. The molecule has 1 aromatic rings. The number of piperazine rings is 1. The van der Waals surface area contributed by atoms with Crippen LogP contribution in [-0.4, -0.2) is 47.7 Å². The SMILES string of the molecule is CCC1CN(c2ncc(CO)cc2Cl)CCN1C. The lowest BCUT2D eigenvalue weighted by Crippen LogP contribution is -2.51. The van der Waals surface area contributed by atoms with E-state index in [2.05, 4.69) is 28.8 Å². The maximum Gasteiger partial charge on any atom is 0.147 e. The number of nitrogens with zero attached hydrogens (tertiary/aromatic N) is 3. The van der Waals surface area contributed by atoms with Gasteiger partial charge >= 0.3 is 0 Å². The fraction of sp³-hybridized carbons (Fsp3) is 0.615. The molecule has 1 unspecified atom stereocenters. The molecule has 1 saturated heterocycles. The average molecular weight is 270 g/mol. The molecule has 1 aliphatic rings. The molecule has 0 aromatic carbocycles. The van der Waals surface area contributed by atoms with E-state index in [0.29, 0.717) is 11.1 Å². The first-order valence-electron chi connectivity index (χ1n) is 6.36. The smallest absolute Gasteiger partial charge is 0.147 e. The van der Waals surface area contributed by atoms with E-state index in [9.17, 15) is 0 Å². The highest BCUT2D eigenvalue weighted by atomic mass is 35.5. The van der Waals surface area contributed by atoms with E-state index in [-0.39, 0.29) is 6.61 Å². The number of aliphatic hydroxyl groups is 1. The van der Waals surface area contributed by atoms with Crippen LogP contribution in [0.5, 0.6) is 0 Å². The molecule has 0 amide bonds. The highest BCUT2D eigenvalue weighted by molar-refractivity contribution is 6.33. The first-order valence-corrected chi connectivity index (χ1v) is 6.74. The van der Waals surface area contributed by atoms with E-state index in [1.54, 1.807) is 12.3 Å². The third kappa shape index (κ3) is 2.76. The van der Waals surface area contributed by atoms with Crippen molar-refractivity contribution >= 4 is 17.4 Å². The molecule has 0 aliphatic carbocycles. The Morgan fingerprint density at radius 3 is 2.89 bits per heavy atom. The monoisotopic (exact) mass is 269 g/mol. The van der Waals surface area contributed by atoms with Crippen LogP contribution in [0.2, 0.25) is 5.02 Å². The summed E-state index contributed by atoms with van der Waals surface area (Å²) in [7, 11) is 2.16. The van der Waals surface area contributed by atoms with Gasteiger partial charge in [-0.25, -0.2) is 4.98 Å². The minimum atomic E-state index is -0.0205. The Balaban J connectivity index is 2.16. The zero-order valence-corrected chi connectivity index (χ0v) is 11.7. The van der Waals surface area contributed by atoms with Gasteiger partial charge in [0.2, 0.25) is 0 Å². The average Bonchev–Trinajstić information content (AvgIpc) is 2.39. The van der Waals surface area contributed by atoms with Gasteiger partial charge in [0.05, 0.1) is 11.6 Å². The third-order valence-electron chi connectivity index (χ3n) is 3.61. The maximum atomic E-state index is 9.06. The number of hydrogen-bond donors (Lipinski definition) is 1. The molecule has 100 valence electrons. The lowest BCUT2D eigenvalue weighted by molar-refractivity contribution is 0.213. The summed E-state index contributed by atoms with van der Waals surface area (Å²) in [6, 6.07) is 2.34. The molecule has 1 atom stereocenters. The second-order valence-corrected chi connectivity index (χ2v) is 5.20. The van der Waals surface area contributed by atoms with Crippen LogP contribution in [0.4, 0.5) is 5.82 Å². The summed E-state index contributed by atoms with van der Waals surface area (Å²) in [5, 5.41) is 9.69. The van der Waals surface area contributed by atoms with Gasteiger partial charge in [-0.1, -0.05) is 18.5 Å². The van der Waals surface area contributed by atoms with Gasteiger partial charge in [0.25, 0.3) is 0 Å². The van der Waals surface area contributed by atoms with Crippen molar-refractivity contribution in [3.05, 3.63) is 22.8 Å². The van der Waals surface area contributed by atoms with Crippen LogP contribution in [0.1, 0.15) is 18.9 Å². The quantitative estimate of drug-likeness (QED) is 0.908. The van der Waals surface area contributed by atoms with Gasteiger partial charge in [0, 0.05) is 31.9 Å². The molecule has 2 heterocycles. The van der Waals surface area contributed by atoms with Gasteiger partial charge in [-0.15, -0.1) is 0 Å². The predicted octanol–water partition coefficient (Wildman–Crippen LogP) is 1.76. The molecule has 1 fully saturated rings. The number of anilines is 1. The van der Waals surface area contributed by atoms with Crippen molar-refractivity contribution < 1.29 is 5.11 Å². The molecular formula is C13H20ClN3O. The summed E-state index contributed by atoms with van der Waals surface area (Å²) in [5.41, 5.74) is 0.755. The standard InChI is InChI=1S/C13H20ClN3O/c1-3-11-8-17(5-4-16(11)2)13-12(14)6-10(9-18)7-15-13/h6-7,11,18H,3-5,8-9H2,1-2H3. The molecule has 0 spiro atoms. The van der Waals surface area contributed by atoms with E-state index >= 15 is 0 Å². The van der Waals surface area contributed by atoms with Crippen LogP contribution in [0.15, 0.2) is 12.3 Å². The summed E-state index contributed by atoms with van der Waals surface area (Å²) in [6.45, 7) is 5.11. The van der Waals surface area contributed by atoms with Crippen LogP contribution in [0.3, 0.4) is 0 Å². The highest BCUT2D eigenvalue weighted by Gasteiger charge is 2.24. The van der Waals surface area contributed by atoms with Crippen molar-refractivity contribution in [2.45, 2.75) is 26.0 Å². The number of likely N-dealkylation sites (N-methyl/N-ethyl adjacent to an activating group) is 1. The zero-order valence-electron chi connectivity index (χ0n) is 10.9. The predicted molar refractivity (Wildman–Crippen MR) is 74.1 cm³/mol. The lowest BCUT2D eigenvalue weighted by atomic mass is 10.1. The second-order valence-electron chi connectivity index (χ2n) is 4.80. The van der Waals surface area contributed by atoms with E-state index in [1.165, 1.54) is 0 Å². The van der Waals surface area contributed by atoms with Gasteiger partial charge in [0.1, 0.15) is 5.82 Å². The fourth-order valence-corrected chi connectivity index (χ4v) is 2.68.